The summed E-state index contributed by atoms with van der Waals surface area (Å²) in [7, 11) is 0. The van der Waals surface area contributed by atoms with E-state index >= 15 is 0 Å². The average molecular weight is 336 g/mol. The van der Waals surface area contributed by atoms with Gasteiger partial charge in [0.05, 0.1) is 6.54 Å². The molecule has 1 saturated heterocycles. The molecule has 0 amide bonds. The predicted octanol–water partition coefficient (Wildman–Crippen LogP) is 2.43. The minimum Gasteiger partial charge on any atom is -0.370 e. The lowest BCUT2D eigenvalue weighted by atomic mass is 10.2. The van der Waals surface area contributed by atoms with Gasteiger partial charge in [-0.05, 0) is 11.6 Å². The molecule has 2 aromatic rings. The summed E-state index contributed by atoms with van der Waals surface area (Å²) in [4.78, 5) is 13.2. The zero-order valence-corrected chi connectivity index (χ0v) is 13.7. The van der Waals surface area contributed by atoms with Gasteiger partial charge in [0.1, 0.15) is 0 Å². The lowest BCUT2D eigenvalue weighted by Crippen LogP contribution is -2.51. The fourth-order valence-corrected chi connectivity index (χ4v) is 3.28. The maximum atomic E-state index is 6.13. The number of guanidine groups is 1. The van der Waals surface area contributed by atoms with Gasteiger partial charge in [-0.15, -0.1) is 11.3 Å². The SMILES string of the molecule is NC(=NCc1ccccc1Cl)N1CCN(c2nccs2)CC1. The smallest absolute Gasteiger partial charge is 0.191 e. The maximum Gasteiger partial charge on any atom is 0.191 e. The summed E-state index contributed by atoms with van der Waals surface area (Å²) in [6, 6.07) is 7.71. The van der Waals surface area contributed by atoms with Gasteiger partial charge in [0.2, 0.25) is 0 Å². The Morgan fingerprint density at radius 1 is 1.27 bits per heavy atom. The fourth-order valence-electron chi connectivity index (χ4n) is 2.39. The van der Waals surface area contributed by atoms with Gasteiger partial charge in [-0.3, -0.25) is 0 Å². The minimum atomic E-state index is 0.512. The highest BCUT2D eigenvalue weighted by Gasteiger charge is 2.19. The third-order valence-corrected chi connectivity index (χ3v) is 4.86. The monoisotopic (exact) mass is 335 g/mol. The maximum absolute atomic E-state index is 6.13. The van der Waals surface area contributed by atoms with E-state index in [0.29, 0.717) is 12.5 Å². The van der Waals surface area contributed by atoms with Crippen molar-refractivity contribution >= 4 is 34.0 Å². The van der Waals surface area contributed by atoms with E-state index in [9.17, 15) is 0 Å². The largest absolute Gasteiger partial charge is 0.370 e. The lowest BCUT2D eigenvalue weighted by molar-refractivity contribution is 0.380. The molecule has 2 heterocycles. The predicted molar refractivity (Wildman–Crippen MR) is 92.7 cm³/mol. The number of piperazine rings is 1. The molecule has 0 bridgehead atoms. The van der Waals surface area contributed by atoms with Crippen LogP contribution in [0.1, 0.15) is 5.56 Å². The molecule has 1 aromatic heterocycles. The molecular formula is C15H18ClN5S. The number of halogens is 1. The van der Waals surface area contributed by atoms with Crippen LogP contribution in [0.3, 0.4) is 0 Å². The van der Waals surface area contributed by atoms with Crippen molar-refractivity contribution in [3.05, 3.63) is 46.4 Å². The van der Waals surface area contributed by atoms with Crippen molar-refractivity contribution in [2.45, 2.75) is 6.54 Å². The van der Waals surface area contributed by atoms with Crippen LogP contribution < -0.4 is 10.6 Å². The molecule has 1 fully saturated rings. The van der Waals surface area contributed by atoms with Crippen molar-refractivity contribution < 1.29 is 0 Å². The Bertz CT molecular complexity index is 635. The molecule has 22 heavy (non-hydrogen) atoms. The first-order chi connectivity index (χ1) is 10.7. The van der Waals surface area contributed by atoms with E-state index in [-0.39, 0.29) is 0 Å². The van der Waals surface area contributed by atoms with Crippen molar-refractivity contribution in [2.75, 3.05) is 31.1 Å². The minimum absolute atomic E-state index is 0.512. The van der Waals surface area contributed by atoms with E-state index in [4.69, 9.17) is 17.3 Å². The van der Waals surface area contributed by atoms with Crippen LogP contribution in [-0.2, 0) is 6.54 Å². The number of hydrogen-bond donors (Lipinski definition) is 1. The highest BCUT2D eigenvalue weighted by atomic mass is 35.5. The van der Waals surface area contributed by atoms with Gasteiger partial charge in [0.25, 0.3) is 0 Å². The van der Waals surface area contributed by atoms with Crippen LogP contribution in [0.5, 0.6) is 0 Å². The van der Waals surface area contributed by atoms with Gasteiger partial charge in [-0.2, -0.15) is 0 Å². The normalized spacial score (nSPS) is 16.1. The summed E-state index contributed by atoms with van der Waals surface area (Å²) in [5, 5.41) is 3.81. The number of thiazole rings is 1. The summed E-state index contributed by atoms with van der Waals surface area (Å²) >= 11 is 7.80. The van der Waals surface area contributed by atoms with Gasteiger partial charge >= 0.3 is 0 Å². The van der Waals surface area contributed by atoms with Gasteiger partial charge in [-0.25, -0.2) is 9.98 Å². The molecule has 116 valence electrons. The Hall–Kier alpha value is -1.79. The molecule has 1 aliphatic rings. The van der Waals surface area contributed by atoms with Crippen LogP contribution in [0.4, 0.5) is 5.13 Å². The fraction of sp³-hybridized carbons (Fsp3) is 0.333. The van der Waals surface area contributed by atoms with E-state index in [2.05, 4.69) is 19.8 Å². The first kappa shape index (κ1) is 15.1. The molecule has 0 saturated carbocycles. The number of rotatable bonds is 3. The molecular weight excluding hydrogens is 318 g/mol. The molecule has 0 unspecified atom stereocenters. The summed E-state index contributed by atoms with van der Waals surface area (Å²) in [5.41, 5.74) is 7.11. The van der Waals surface area contributed by atoms with Crippen molar-refractivity contribution in [3.63, 3.8) is 0 Å². The lowest BCUT2D eigenvalue weighted by Gasteiger charge is -2.35. The second-order valence-electron chi connectivity index (χ2n) is 5.05. The van der Waals surface area contributed by atoms with Crippen molar-refractivity contribution in [3.8, 4) is 0 Å². The molecule has 7 heteroatoms. The summed E-state index contributed by atoms with van der Waals surface area (Å²) < 4.78 is 0. The van der Waals surface area contributed by atoms with Gasteiger partial charge in [0, 0.05) is 42.8 Å². The van der Waals surface area contributed by atoms with Gasteiger partial charge in [0.15, 0.2) is 11.1 Å². The number of hydrogen-bond acceptors (Lipinski definition) is 4. The molecule has 3 rings (SSSR count). The van der Waals surface area contributed by atoms with Crippen molar-refractivity contribution in [1.29, 1.82) is 0 Å². The molecule has 0 aliphatic carbocycles. The molecule has 0 spiro atoms. The van der Waals surface area contributed by atoms with Crippen molar-refractivity contribution in [1.82, 2.24) is 9.88 Å². The van der Waals surface area contributed by atoms with Gasteiger partial charge in [-0.1, -0.05) is 29.8 Å². The molecule has 0 radical (unpaired) electrons. The molecule has 5 nitrogen and oxygen atoms in total. The van der Waals surface area contributed by atoms with E-state index in [0.717, 1.165) is 41.9 Å². The molecule has 1 aromatic carbocycles. The number of aromatic nitrogens is 1. The highest BCUT2D eigenvalue weighted by Crippen LogP contribution is 2.19. The van der Waals surface area contributed by atoms with Crippen molar-refractivity contribution in [2.24, 2.45) is 10.7 Å². The topological polar surface area (TPSA) is 57.8 Å². The summed E-state index contributed by atoms with van der Waals surface area (Å²) in [6.45, 7) is 4.05. The summed E-state index contributed by atoms with van der Waals surface area (Å²) in [5.74, 6) is 0.582. The second kappa shape index (κ2) is 6.98. The quantitative estimate of drug-likeness (QED) is 0.691. The first-order valence-electron chi connectivity index (χ1n) is 7.17. The Balaban J connectivity index is 1.56. The Morgan fingerprint density at radius 3 is 2.73 bits per heavy atom. The Kier molecular flexibility index (Phi) is 4.80. The third kappa shape index (κ3) is 3.51. The van der Waals surface area contributed by atoms with E-state index in [1.165, 1.54) is 0 Å². The molecule has 0 atom stereocenters. The number of nitrogens with zero attached hydrogens (tertiary/aromatic N) is 4. The Labute approximate surface area is 139 Å². The van der Waals surface area contributed by atoms with Crippen LogP contribution in [0.25, 0.3) is 0 Å². The number of nitrogens with two attached hydrogens (primary N) is 1. The zero-order chi connectivity index (χ0) is 15.4. The standard InChI is InChI=1S/C15H18ClN5S/c16-13-4-2-1-3-12(13)11-19-14(17)20-6-8-21(9-7-20)15-18-5-10-22-15/h1-5,10H,6-9,11H2,(H2,17,19). The van der Waals surface area contributed by atoms with Crippen LogP contribution >= 0.6 is 22.9 Å². The second-order valence-corrected chi connectivity index (χ2v) is 6.33. The van der Waals surface area contributed by atoms with Crippen LogP contribution in [0, 0.1) is 0 Å². The van der Waals surface area contributed by atoms with E-state index in [1.807, 2.05) is 35.8 Å². The number of aliphatic imine (C=N–C) groups is 1. The van der Waals surface area contributed by atoms with E-state index < -0.39 is 0 Å². The van der Waals surface area contributed by atoms with E-state index in [1.54, 1.807) is 11.3 Å². The number of benzene rings is 1. The number of anilines is 1. The van der Waals surface area contributed by atoms with Crippen LogP contribution in [-0.4, -0.2) is 42.0 Å². The average Bonchev–Trinajstić information content (AvgIpc) is 3.08. The third-order valence-electron chi connectivity index (χ3n) is 3.66. The highest BCUT2D eigenvalue weighted by molar-refractivity contribution is 7.13. The molecule has 1 aliphatic heterocycles. The van der Waals surface area contributed by atoms with Gasteiger partial charge < -0.3 is 15.5 Å². The Morgan fingerprint density at radius 2 is 2.05 bits per heavy atom. The first-order valence-corrected chi connectivity index (χ1v) is 8.42. The summed E-state index contributed by atoms with van der Waals surface area (Å²) in [6.07, 6.45) is 1.84. The molecule has 2 N–H and O–H groups in total. The van der Waals surface area contributed by atoms with Crippen LogP contribution in [0.15, 0.2) is 40.8 Å². The van der Waals surface area contributed by atoms with Crippen LogP contribution in [0.2, 0.25) is 5.02 Å². The zero-order valence-electron chi connectivity index (χ0n) is 12.2.